The van der Waals surface area contributed by atoms with E-state index in [4.69, 9.17) is 34.8 Å². The summed E-state index contributed by atoms with van der Waals surface area (Å²) >= 11 is 19.6. The molecular weight excluding hydrogens is 527 g/mol. The van der Waals surface area contributed by atoms with Gasteiger partial charge in [-0.2, -0.15) is 0 Å². The van der Waals surface area contributed by atoms with Gasteiger partial charge in [-0.1, -0.05) is 40.9 Å². The molecule has 0 spiro atoms. The van der Waals surface area contributed by atoms with Crippen LogP contribution < -0.4 is 9.44 Å². The molecule has 2 heterocycles. The first-order valence-electron chi connectivity index (χ1n) is 9.48. The SMILES string of the molecule is CN(Cc1ccc(Cl)cc1Cl)C(=O)c1cc(Cl)ccc1NS(=O)(=O)C1=CC=CN2SNC=C12. The molecule has 0 bridgehead atoms. The van der Waals surface area contributed by atoms with Crippen molar-refractivity contribution >= 4 is 68.6 Å². The van der Waals surface area contributed by atoms with E-state index < -0.39 is 15.9 Å². The Morgan fingerprint density at radius 3 is 2.64 bits per heavy atom. The van der Waals surface area contributed by atoms with E-state index in [2.05, 4.69) is 9.44 Å². The number of amides is 1. The number of nitrogens with one attached hydrogen (secondary N) is 2. The number of hydrogen-bond acceptors (Lipinski definition) is 6. The molecule has 0 atom stereocenters. The van der Waals surface area contributed by atoms with E-state index in [0.717, 1.165) is 0 Å². The maximum absolute atomic E-state index is 13.2. The molecule has 0 saturated carbocycles. The van der Waals surface area contributed by atoms with Crippen molar-refractivity contribution in [3.8, 4) is 0 Å². The highest BCUT2D eigenvalue weighted by Gasteiger charge is 2.31. The Morgan fingerprint density at radius 2 is 1.88 bits per heavy atom. The summed E-state index contributed by atoms with van der Waals surface area (Å²) in [4.78, 5) is 14.7. The van der Waals surface area contributed by atoms with Crippen molar-refractivity contribution in [2.45, 2.75) is 6.54 Å². The molecule has 2 aliphatic heterocycles. The Balaban J connectivity index is 1.61. The monoisotopic (exact) mass is 542 g/mol. The number of benzene rings is 2. The number of sulfonamides is 1. The van der Waals surface area contributed by atoms with E-state index in [-0.39, 0.29) is 22.7 Å². The fourth-order valence-corrected chi connectivity index (χ4v) is 5.85. The van der Waals surface area contributed by atoms with E-state index in [1.807, 2.05) is 0 Å². The number of allylic oxidation sites excluding steroid dienone is 2. The molecule has 172 valence electrons. The average Bonchev–Trinajstić information content (AvgIpc) is 3.25. The highest BCUT2D eigenvalue weighted by atomic mass is 35.5. The number of carbonyl (C=O) groups is 1. The van der Waals surface area contributed by atoms with E-state index in [9.17, 15) is 13.2 Å². The lowest BCUT2D eigenvalue weighted by Crippen LogP contribution is -2.28. The van der Waals surface area contributed by atoms with Gasteiger partial charge in [-0.25, -0.2) is 8.42 Å². The van der Waals surface area contributed by atoms with Crippen LogP contribution >= 0.6 is 46.9 Å². The van der Waals surface area contributed by atoms with Crippen LogP contribution in [0.15, 0.2) is 71.6 Å². The molecule has 2 N–H and O–H groups in total. The van der Waals surface area contributed by atoms with Gasteiger partial charge in [0.15, 0.2) is 0 Å². The second-order valence-electron chi connectivity index (χ2n) is 7.13. The number of hydrogen-bond donors (Lipinski definition) is 2. The Kier molecular flexibility index (Phi) is 6.88. The van der Waals surface area contributed by atoms with Crippen LogP contribution in [0.2, 0.25) is 15.1 Å². The maximum atomic E-state index is 13.2. The van der Waals surface area contributed by atoms with Crippen molar-refractivity contribution in [1.29, 1.82) is 0 Å². The lowest BCUT2D eigenvalue weighted by atomic mass is 10.1. The van der Waals surface area contributed by atoms with Crippen molar-refractivity contribution in [2.75, 3.05) is 11.8 Å². The molecule has 4 rings (SSSR count). The first kappa shape index (κ1) is 23.8. The zero-order valence-electron chi connectivity index (χ0n) is 17.1. The topological polar surface area (TPSA) is 81.8 Å². The van der Waals surface area contributed by atoms with Crippen molar-refractivity contribution in [1.82, 2.24) is 13.9 Å². The normalized spacial score (nSPS) is 14.8. The van der Waals surface area contributed by atoms with Gasteiger partial charge in [-0.15, -0.1) is 0 Å². The molecular formula is C21H17Cl3N4O3S2. The summed E-state index contributed by atoms with van der Waals surface area (Å²) in [6.45, 7) is 0.189. The quantitative estimate of drug-likeness (QED) is 0.476. The van der Waals surface area contributed by atoms with Gasteiger partial charge in [0.05, 0.1) is 29.1 Å². The van der Waals surface area contributed by atoms with Crippen molar-refractivity contribution in [3.63, 3.8) is 0 Å². The minimum Gasteiger partial charge on any atom is -0.337 e. The van der Waals surface area contributed by atoms with Crippen molar-refractivity contribution < 1.29 is 13.2 Å². The summed E-state index contributed by atoms with van der Waals surface area (Å²) in [6.07, 6.45) is 6.45. The predicted molar refractivity (Wildman–Crippen MR) is 134 cm³/mol. The van der Waals surface area contributed by atoms with Crippen LogP contribution in [-0.2, 0) is 16.6 Å². The number of fused-ring (bicyclic) bond motifs is 1. The summed E-state index contributed by atoms with van der Waals surface area (Å²) in [5, 5.41) is 1.21. The second kappa shape index (κ2) is 9.52. The predicted octanol–water partition coefficient (Wildman–Crippen LogP) is 5.38. The minimum atomic E-state index is -4.01. The number of halogens is 3. The molecule has 33 heavy (non-hydrogen) atoms. The van der Waals surface area contributed by atoms with Crippen LogP contribution in [0.1, 0.15) is 15.9 Å². The van der Waals surface area contributed by atoms with Crippen LogP contribution in [-0.4, -0.2) is 30.6 Å². The molecule has 7 nitrogen and oxygen atoms in total. The molecule has 0 unspecified atom stereocenters. The molecule has 0 fully saturated rings. The van der Waals surface area contributed by atoms with Gasteiger partial charge in [0, 0.05) is 41.1 Å². The van der Waals surface area contributed by atoms with Gasteiger partial charge in [0.2, 0.25) is 0 Å². The van der Waals surface area contributed by atoms with Gasteiger partial charge in [0.1, 0.15) is 4.91 Å². The van der Waals surface area contributed by atoms with Gasteiger partial charge in [-0.3, -0.25) is 13.8 Å². The number of rotatable bonds is 6. The summed E-state index contributed by atoms with van der Waals surface area (Å²) < 4.78 is 33.5. The molecule has 1 amide bonds. The highest BCUT2D eigenvalue weighted by molar-refractivity contribution is 7.97. The first-order valence-corrected chi connectivity index (χ1v) is 12.9. The van der Waals surface area contributed by atoms with Crippen LogP contribution in [0.4, 0.5) is 5.69 Å². The van der Waals surface area contributed by atoms with E-state index in [1.54, 1.807) is 48.0 Å². The maximum Gasteiger partial charge on any atom is 0.264 e. The number of carbonyl (C=O) groups excluding carboxylic acids is 1. The standard InChI is InChI=1S/C21H17Cl3N4O3S2/c1-27(12-13-4-5-15(23)10-17(13)24)21(29)16-9-14(22)6-7-18(16)26-33(30,31)20-3-2-8-28-19(20)11-25-32-28/h2-11,25-26H,12H2,1H3. The van der Waals surface area contributed by atoms with Gasteiger partial charge in [-0.05, 0) is 48.0 Å². The summed E-state index contributed by atoms with van der Waals surface area (Å²) in [5.41, 5.74) is 1.39. The van der Waals surface area contributed by atoms with Gasteiger partial charge < -0.3 is 9.62 Å². The van der Waals surface area contributed by atoms with E-state index in [1.165, 1.54) is 41.3 Å². The lowest BCUT2D eigenvalue weighted by molar-refractivity contribution is 0.0786. The molecule has 0 aromatic heterocycles. The average molecular weight is 544 g/mol. The molecule has 2 aromatic rings. The Labute approximate surface area is 211 Å². The van der Waals surface area contributed by atoms with Crippen LogP contribution in [0, 0.1) is 0 Å². The summed E-state index contributed by atoms with van der Waals surface area (Å²) in [7, 11) is -2.42. The third kappa shape index (κ3) is 5.12. The number of nitrogens with zero attached hydrogens (tertiary/aromatic N) is 2. The van der Waals surface area contributed by atoms with Gasteiger partial charge in [0.25, 0.3) is 15.9 Å². The molecule has 12 heteroatoms. The van der Waals surface area contributed by atoms with Crippen molar-refractivity contribution in [2.24, 2.45) is 0 Å². The van der Waals surface area contributed by atoms with Crippen LogP contribution in [0.25, 0.3) is 0 Å². The Morgan fingerprint density at radius 1 is 1.15 bits per heavy atom. The fraction of sp³-hybridized carbons (Fsp3) is 0.0952. The smallest absolute Gasteiger partial charge is 0.264 e. The van der Waals surface area contributed by atoms with E-state index >= 15 is 0 Å². The van der Waals surface area contributed by atoms with Gasteiger partial charge >= 0.3 is 0 Å². The van der Waals surface area contributed by atoms with Crippen LogP contribution in [0.5, 0.6) is 0 Å². The highest BCUT2D eigenvalue weighted by Crippen LogP contribution is 2.34. The second-order valence-corrected chi connectivity index (χ2v) is 10.9. The van der Waals surface area contributed by atoms with Crippen molar-refractivity contribution in [3.05, 3.63) is 97.7 Å². The third-order valence-corrected chi connectivity index (χ3v) is 7.79. The fourth-order valence-electron chi connectivity index (χ4n) is 3.23. The summed E-state index contributed by atoms with van der Waals surface area (Å²) in [5.74, 6) is -0.433. The molecule has 2 aliphatic rings. The Bertz CT molecular complexity index is 1330. The first-order chi connectivity index (χ1) is 15.7. The zero-order valence-corrected chi connectivity index (χ0v) is 21.0. The molecule has 2 aromatic carbocycles. The van der Waals surface area contributed by atoms with E-state index in [0.29, 0.717) is 26.3 Å². The number of anilines is 1. The molecule has 0 saturated heterocycles. The van der Waals surface area contributed by atoms with Crippen LogP contribution in [0.3, 0.4) is 0 Å². The summed E-state index contributed by atoms with van der Waals surface area (Å²) in [6, 6.07) is 9.40. The zero-order chi connectivity index (χ0) is 23.8. The molecule has 0 radical (unpaired) electrons. The third-order valence-electron chi connectivity index (χ3n) is 4.82. The lowest BCUT2D eigenvalue weighted by Gasteiger charge is -2.23. The Hall–Kier alpha value is -2.30. The minimum absolute atomic E-state index is 0.0668. The molecule has 0 aliphatic carbocycles. The largest absolute Gasteiger partial charge is 0.337 e.